The largest absolute Gasteiger partial charge is 0.133 e. The van der Waals surface area contributed by atoms with Gasteiger partial charge in [0.2, 0.25) is 0 Å². The van der Waals surface area contributed by atoms with Gasteiger partial charge in [0.1, 0.15) is 0 Å². The van der Waals surface area contributed by atoms with Crippen LogP contribution in [0.1, 0.15) is 16.9 Å². The van der Waals surface area contributed by atoms with Crippen LogP contribution in [0.4, 0.5) is 0 Å². The van der Waals surface area contributed by atoms with Gasteiger partial charge < -0.3 is 0 Å². The normalized spacial score (nSPS) is 15.3. The van der Waals surface area contributed by atoms with Crippen molar-refractivity contribution in [1.29, 1.82) is 0 Å². The van der Waals surface area contributed by atoms with Crippen LogP contribution in [0.2, 0.25) is 0 Å². The molecule has 0 atom stereocenters. The lowest BCUT2D eigenvalue weighted by molar-refractivity contribution is 1.01. The molecule has 1 heterocycles. The summed E-state index contributed by atoms with van der Waals surface area (Å²) in [5.74, 6) is 0. The summed E-state index contributed by atoms with van der Waals surface area (Å²) in [6.45, 7) is 0. The third kappa shape index (κ3) is 1.06. The molecule has 1 aromatic rings. The molecule has 0 fully saturated rings. The van der Waals surface area contributed by atoms with E-state index in [9.17, 15) is 0 Å². The van der Waals surface area contributed by atoms with E-state index in [2.05, 4.69) is 34.1 Å². The predicted octanol–water partition coefficient (Wildman–Crippen LogP) is 3.47. The summed E-state index contributed by atoms with van der Waals surface area (Å²) in [7, 11) is 0. The van der Waals surface area contributed by atoms with E-state index in [1.807, 2.05) is 11.3 Å². The quantitative estimate of drug-likeness (QED) is 0.621. The Bertz CT molecular complexity index is 273. The minimum atomic E-state index is 1.21. The molecule has 52 valence electrons. The average molecular weight is 215 g/mol. The molecule has 0 radical (unpaired) electrons. The van der Waals surface area contributed by atoms with Gasteiger partial charge in [-0.25, -0.2) is 0 Å². The van der Waals surface area contributed by atoms with Gasteiger partial charge in [-0.05, 0) is 40.4 Å². The molecule has 0 N–H and O–H groups in total. The molecule has 1 aliphatic rings. The number of aryl methyl sites for hydroxylation is 1. The summed E-state index contributed by atoms with van der Waals surface area (Å²) in [5, 5.41) is 0. The molecule has 0 spiro atoms. The first-order valence-electron chi connectivity index (χ1n) is 3.31. The molecule has 2 rings (SSSR count). The van der Waals surface area contributed by atoms with Crippen LogP contribution in [0.25, 0.3) is 6.08 Å². The fraction of sp³-hybridized carbons (Fsp3) is 0.250. The summed E-state index contributed by atoms with van der Waals surface area (Å²) in [4.78, 5) is 1.52. The molecule has 0 bridgehead atoms. The van der Waals surface area contributed by atoms with Crippen molar-refractivity contribution in [3.63, 3.8) is 0 Å². The van der Waals surface area contributed by atoms with Crippen LogP contribution in [0.5, 0.6) is 0 Å². The third-order valence-corrected chi connectivity index (χ3v) is 3.36. The Morgan fingerprint density at radius 3 is 3.20 bits per heavy atom. The van der Waals surface area contributed by atoms with Crippen molar-refractivity contribution in [1.82, 2.24) is 0 Å². The van der Waals surface area contributed by atoms with Gasteiger partial charge >= 0.3 is 0 Å². The van der Waals surface area contributed by atoms with Crippen LogP contribution >= 0.6 is 27.3 Å². The molecule has 0 unspecified atom stereocenters. The summed E-state index contributed by atoms with van der Waals surface area (Å²) in [6.07, 6.45) is 6.88. The maximum atomic E-state index is 3.48. The van der Waals surface area contributed by atoms with E-state index in [-0.39, 0.29) is 0 Å². The van der Waals surface area contributed by atoms with E-state index in [0.717, 1.165) is 0 Å². The fourth-order valence-electron chi connectivity index (χ4n) is 1.17. The Morgan fingerprint density at radius 2 is 2.40 bits per heavy atom. The van der Waals surface area contributed by atoms with Crippen molar-refractivity contribution in [2.45, 2.75) is 12.8 Å². The van der Waals surface area contributed by atoms with Crippen LogP contribution < -0.4 is 0 Å². The maximum absolute atomic E-state index is 3.48. The second-order valence-corrected chi connectivity index (χ2v) is 4.89. The summed E-state index contributed by atoms with van der Waals surface area (Å²) in [6, 6.07) is 2.19. The minimum Gasteiger partial charge on any atom is -0.133 e. The smallest absolute Gasteiger partial charge is 0.0707 e. The van der Waals surface area contributed by atoms with Gasteiger partial charge in [0.05, 0.1) is 3.79 Å². The first-order valence-corrected chi connectivity index (χ1v) is 4.92. The van der Waals surface area contributed by atoms with Crippen LogP contribution in [0.15, 0.2) is 15.9 Å². The highest BCUT2D eigenvalue weighted by Gasteiger charge is 2.06. The van der Waals surface area contributed by atoms with Crippen LogP contribution in [0, 0.1) is 0 Å². The average Bonchev–Trinajstić information content (AvgIpc) is 2.27. The van der Waals surface area contributed by atoms with Crippen molar-refractivity contribution in [2.75, 3.05) is 0 Å². The number of fused-ring (bicyclic) bond motifs is 1. The second kappa shape index (κ2) is 2.51. The van der Waals surface area contributed by atoms with Crippen molar-refractivity contribution in [2.24, 2.45) is 0 Å². The molecule has 0 nitrogen and oxygen atoms in total. The number of halogens is 1. The number of hydrogen-bond donors (Lipinski definition) is 0. The van der Waals surface area contributed by atoms with Crippen LogP contribution in [0.3, 0.4) is 0 Å². The zero-order valence-corrected chi connectivity index (χ0v) is 7.83. The second-order valence-electron chi connectivity index (χ2n) is 2.37. The molecular formula is C8H7BrS. The maximum Gasteiger partial charge on any atom is 0.0707 e. The highest BCUT2D eigenvalue weighted by atomic mass is 79.9. The predicted molar refractivity (Wildman–Crippen MR) is 49.4 cm³/mol. The van der Waals surface area contributed by atoms with E-state index in [1.54, 1.807) is 0 Å². The first kappa shape index (κ1) is 6.62. The van der Waals surface area contributed by atoms with Crippen LogP contribution in [-0.4, -0.2) is 0 Å². The van der Waals surface area contributed by atoms with Gasteiger partial charge in [-0.1, -0.05) is 12.2 Å². The Morgan fingerprint density at radius 1 is 1.50 bits per heavy atom. The minimum absolute atomic E-state index is 1.21. The van der Waals surface area contributed by atoms with E-state index in [1.165, 1.54) is 27.1 Å². The third-order valence-electron chi connectivity index (χ3n) is 1.65. The highest BCUT2D eigenvalue weighted by molar-refractivity contribution is 9.11. The molecule has 0 aliphatic heterocycles. The molecular weight excluding hydrogens is 208 g/mol. The molecule has 1 aliphatic carbocycles. The Labute approximate surface area is 72.7 Å². The number of thiophene rings is 1. The Kier molecular flexibility index (Phi) is 1.66. The fourth-order valence-corrected chi connectivity index (χ4v) is 2.89. The number of rotatable bonds is 0. The molecule has 0 amide bonds. The summed E-state index contributed by atoms with van der Waals surface area (Å²) in [5.41, 5.74) is 1.41. The standard InChI is InChI=1S/C8H7BrS/c9-8-5-6-3-1-2-4-7(6)10-8/h1,3,5H,2,4H2. The lowest BCUT2D eigenvalue weighted by atomic mass is 10.1. The molecule has 0 saturated carbocycles. The van der Waals surface area contributed by atoms with Gasteiger partial charge in [0.25, 0.3) is 0 Å². The molecule has 0 aromatic carbocycles. The van der Waals surface area contributed by atoms with Crippen molar-refractivity contribution in [3.05, 3.63) is 26.4 Å². The van der Waals surface area contributed by atoms with Gasteiger partial charge in [-0.15, -0.1) is 11.3 Å². The van der Waals surface area contributed by atoms with Gasteiger partial charge in [0.15, 0.2) is 0 Å². The van der Waals surface area contributed by atoms with E-state index >= 15 is 0 Å². The monoisotopic (exact) mass is 214 g/mol. The lowest BCUT2D eigenvalue weighted by Crippen LogP contribution is -1.85. The topological polar surface area (TPSA) is 0 Å². The zero-order valence-electron chi connectivity index (χ0n) is 5.43. The number of hydrogen-bond acceptors (Lipinski definition) is 1. The summed E-state index contributed by atoms with van der Waals surface area (Å²) >= 11 is 5.33. The van der Waals surface area contributed by atoms with E-state index in [0.29, 0.717) is 0 Å². The van der Waals surface area contributed by atoms with Crippen molar-refractivity contribution < 1.29 is 0 Å². The van der Waals surface area contributed by atoms with Crippen molar-refractivity contribution >= 4 is 33.3 Å². The van der Waals surface area contributed by atoms with Crippen LogP contribution in [-0.2, 0) is 6.42 Å². The first-order chi connectivity index (χ1) is 4.86. The SMILES string of the molecule is Brc1cc2c(s1)CCC=C2. The Balaban J connectivity index is 2.53. The van der Waals surface area contributed by atoms with Gasteiger partial charge in [0, 0.05) is 4.88 Å². The molecule has 2 heteroatoms. The van der Waals surface area contributed by atoms with Gasteiger partial charge in [-0.3, -0.25) is 0 Å². The molecule has 0 saturated heterocycles. The summed E-state index contributed by atoms with van der Waals surface area (Å²) < 4.78 is 1.25. The zero-order chi connectivity index (χ0) is 6.97. The van der Waals surface area contributed by atoms with Gasteiger partial charge in [-0.2, -0.15) is 0 Å². The molecule has 1 aromatic heterocycles. The molecule has 10 heavy (non-hydrogen) atoms. The van der Waals surface area contributed by atoms with Crippen molar-refractivity contribution in [3.8, 4) is 0 Å². The van der Waals surface area contributed by atoms with E-state index < -0.39 is 0 Å². The van der Waals surface area contributed by atoms with E-state index in [4.69, 9.17) is 0 Å². The highest BCUT2D eigenvalue weighted by Crippen LogP contribution is 2.31. The Hall–Kier alpha value is -0.0800. The lowest BCUT2D eigenvalue weighted by Gasteiger charge is -2.01. The number of allylic oxidation sites excluding steroid dienone is 1.